The van der Waals surface area contributed by atoms with Crippen molar-refractivity contribution < 1.29 is 13.9 Å². The average molecular weight is 648 g/mol. The molecule has 2 aromatic carbocycles. The van der Waals surface area contributed by atoms with Gasteiger partial charge in [-0.3, -0.25) is 4.79 Å². The van der Waals surface area contributed by atoms with Gasteiger partial charge in [-0.25, -0.2) is 0 Å². The zero-order valence-corrected chi connectivity index (χ0v) is 26.7. The van der Waals surface area contributed by atoms with Gasteiger partial charge in [0.1, 0.15) is 23.6 Å². The minimum atomic E-state index is -0.0525. The van der Waals surface area contributed by atoms with Crippen LogP contribution in [0.25, 0.3) is 21.9 Å². The largest absolute Gasteiger partial charge is 0.488 e. The van der Waals surface area contributed by atoms with Gasteiger partial charge in [-0.05, 0) is 87.9 Å². The molecule has 3 saturated heterocycles. The van der Waals surface area contributed by atoms with E-state index in [1.807, 2.05) is 42.5 Å². The first kappa shape index (κ1) is 32.0. The van der Waals surface area contributed by atoms with Crippen LogP contribution in [-0.4, -0.2) is 65.5 Å². The third-order valence-corrected chi connectivity index (χ3v) is 9.84. The first-order chi connectivity index (χ1) is 20.1. The van der Waals surface area contributed by atoms with Gasteiger partial charge in [0, 0.05) is 53.6 Å². The summed E-state index contributed by atoms with van der Waals surface area (Å²) in [6, 6.07) is 14.4. The summed E-state index contributed by atoms with van der Waals surface area (Å²) in [4.78, 5) is 22.0. The Morgan fingerprint density at radius 1 is 1.00 bits per heavy atom. The number of amides is 1. The van der Waals surface area contributed by atoms with Gasteiger partial charge < -0.3 is 29.3 Å². The first-order valence-corrected chi connectivity index (χ1v) is 15.7. The summed E-state index contributed by atoms with van der Waals surface area (Å²) < 4.78 is 11.8. The Hall–Kier alpha value is -2.42. The molecule has 0 spiro atoms. The van der Waals surface area contributed by atoms with Crippen LogP contribution >= 0.6 is 36.4 Å². The number of fused-ring (bicyclic) bond motifs is 3. The van der Waals surface area contributed by atoms with E-state index in [0.29, 0.717) is 23.1 Å². The number of furan rings is 1. The van der Waals surface area contributed by atoms with Crippen LogP contribution in [0.2, 0.25) is 5.02 Å². The Morgan fingerprint density at radius 2 is 1.81 bits per heavy atom. The molecule has 2 N–H and O–H groups in total. The molecule has 232 valence electrons. The van der Waals surface area contributed by atoms with Crippen LogP contribution in [0.3, 0.4) is 0 Å². The predicted molar refractivity (Wildman–Crippen MR) is 177 cm³/mol. The lowest BCUT2D eigenvalue weighted by Crippen LogP contribution is -2.52. The van der Waals surface area contributed by atoms with E-state index in [2.05, 4.69) is 20.1 Å². The van der Waals surface area contributed by atoms with Gasteiger partial charge in [-0.2, -0.15) is 0 Å². The van der Waals surface area contributed by atoms with E-state index in [9.17, 15) is 4.79 Å². The Labute approximate surface area is 270 Å². The second-order valence-electron chi connectivity index (χ2n) is 12.1. The molecule has 0 aliphatic carbocycles. The topological polar surface area (TPSA) is 73.7 Å². The Bertz CT molecular complexity index is 1530. The minimum absolute atomic E-state index is 0. The van der Waals surface area contributed by atoms with Crippen LogP contribution in [0.15, 0.2) is 53.1 Å². The first-order valence-electron chi connectivity index (χ1n) is 15.3. The van der Waals surface area contributed by atoms with Gasteiger partial charge in [-0.15, -0.1) is 24.8 Å². The second-order valence-corrected chi connectivity index (χ2v) is 12.5. The Balaban J connectivity index is 0.00000184. The maximum atomic E-state index is 13.2. The molecular weight excluding hydrogens is 607 g/mol. The summed E-state index contributed by atoms with van der Waals surface area (Å²) in [5, 5.41) is 5.69. The standard InChI is InChI=1S/C33H39ClN4O3.2ClH/c34-26-7-3-11-31-32(26)23(21-41-31)20-40-30-10-4-8-27-25(30)18-28(36-27)33(39)35-24-12-16-37(17-13-24)19-22-6-5-15-38-14-2-1-9-29(22)38;;/h3-4,7-8,10-11,18,21-22,24,29,36H,1-2,5-6,9,12-17,19-20H2,(H,35,39);2*1H/t22-,29+;;/m0../s1. The van der Waals surface area contributed by atoms with Crippen molar-refractivity contribution in [1.82, 2.24) is 20.1 Å². The quantitative estimate of drug-likeness (QED) is 0.218. The van der Waals surface area contributed by atoms with Crippen LogP contribution in [0, 0.1) is 5.92 Å². The molecule has 10 heteroatoms. The number of rotatable bonds is 7. The van der Waals surface area contributed by atoms with Gasteiger partial charge in [0.2, 0.25) is 0 Å². The third kappa shape index (κ3) is 6.81. The van der Waals surface area contributed by atoms with Gasteiger partial charge in [0.15, 0.2) is 0 Å². The zero-order chi connectivity index (χ0) is 27.8. The van der Waals surface area contributed by atoms with Gasteiger partial charge in [-0.1, -0.05) is 30.2 Å². The fraction of sp³-hybridized carbons (Fsp3) is 0.485. The Morgan fingerprint density at radius 3 is 2.67 bits per heavy atom. The number of hydrogen-bond donors (Lipinski definition) is 2. The number of nitrogens with one attached hydrogen (secondary N) is 2. The SMILES string of the molecule is Cl.Cl.O=C(NC1CCN(C[C@@H]2CCCN3CCCC[C@H]23)CC1)c1cc2c(OCc3coc4cccc(Cl)c34)cccc2[nH]1. The van der Waals surface area contributed by atoms with Gasteiger partial charge in [0.05, 0.1) is 11.3 Å². The monoisotopic (exact) mass is 646 g/mol. The van der Waals surface area contributed by atoms with E-state index in [-0.39, 0.29) is 36.8 Å². The lowest BCUT2D eigenvalue weighted by atomic mass is 9.83. The molecule has 3 fully saturated rings. The van der Waals surface area contributed by atoms with Crippen molar-refractivity contribution >= 4 is 64.2 Å². The normalized spacial score (nSPS) is 21.6. The van der Waals surface area contributed by atoms with Crippen LogP contribution in [0.4, 0.5) is 0 Å². The van der Waals surface area contributed by atoms with E-state index in [1.54, 1.807) is 6.26 Å². The van der Waals surface area contributed by atoms with Crippen molar-refractivity contribution in [2.45, 2.75) is 63.6 Å². The van der Waals surface area contributed by atoms with Gasteiger partial charge >= 0.3 is 0 Å². The third-order valence-electron chi connectivity index (χ3n) is 9.52. The highest BCUT2D eigenvalue weighted by Crippen LogP contribution is 2.33. The Kier molecular flexibility index (Phi) is 10.5. The molecule has 3 aliphatic heterocycles. The van der Waals surface area contributed by atoms with Crippen LogP contribution in [-0.2, 0) is 6.61 Å². The highest BCUT2D eigenvalue weighted by Gasteiger charge is 2.34. The summed E-state index contributed by atoms with van der Waals surface area (Å²) in [6.45, 7) is 6.26. The molecule has 5 heterocycles. The molecule has 1 amide bonds. The fourth-order valence-electron chi connectivity index (χ4n) is 7.39. The van der Waals surface area contributed by atoms with Crippen molar-refractivity contribution in [2.24, 2.45) is 5.92 Å². The molecule has 0 bridgehead atoms. The molecule has 0 unspecified atom stereocenters. The van der Waals surface area contributed by atoms with E-state index < -0.39 is 0 Å². The number of hydrogen-bond acceptors (Lipinski definition) is 5. The van der Waals surface area contributed by atoms with Gasteiger partial charge in [0.25, 0.3) is 5.91 Å². The van der Waals surface area contributed by atoms with Crippen LogP contribution in [0.5, 0.6) is 5.75 Å². The molecule has 0 radical (unpaired) electrons. The summed E-state index contributed by atoms with van der Waals surface area (Å²) in [5.41, 5.74) is 3.07. The molecule has 4 aromatic rings. The van der Waals surface area contributed by atoms with Crippen molar-refractivity contribution in [2.75, 3.05) is 32.7 Å². The molecule has 2 aromatic heterocycles. The van der Waals surface area contributed by atoms with Crippen molar-refractivity contribution in [3.8, 4) is 5.75 Å². The van der Waals surface area contributed by atoms with E-state index in [1.165, 1.54) is 51.7 Å². The zero-order valence-electron chi connectivity index (χ0n) is 24.4. The van der Waals surface area contributed by atoms with E-state index in [0.717, 1.165) is 65.3 Å². The highest BCUT2D eigenvalue weighted by atomic mass is 35.5. The molecule has 0 saturated carbocycles. The predicted octanol–water partition coefficient (Wildman–Crippen LogP) is 7.45. The number of carbonyl (C=O) groups is 1. The summed E-state index contributed by atoms with van der Waals surface area (Å²) in [5.74, 6) is 1.47. The number of aromatic amines is 1. The number of ether oxygens (including phenoxy) is 1. The average Bonchev–Trinajstić information content (AvgIpc) is 3.63. The minimum Gasteiger partial charge on any atom is -0.488 e. The van der Waals surface area contributed by atoms with E-state index >= 15 is 0 Å². The number of aromatic nitrogens is 1. The number of H-pyrrole nitrogens is 1. The molecule has 7 rings (SSSR count). The number of nitrogens with zero attached hydrogens (tertiary/aromatic N) is 2. The lowest BCUT2D eigenvalue weighted by Gasteiger charge is -2.46. The summed E-state index contributed by atoms with van der Waals surface area (Å²) >= 11 is 6.41. The molecule has 7 nitrogen and oxygen atoms in total. The number of likely N-dealkylation sites (tertiary alicyclic amines) is 1. The van der Waals surface area contributed by atoms with Crippen molar-refractivity contribution in [3.63, 3.8) is 0 Å². The molecule has 3 aliphatic rings. The summed E-state index contributed by atoms with van der Waals surface area (Å²) in [6.07, 6.45) is 10.6. The smallest absolute Gasteiger partial charge is 0.267 e. The number of carbonyl (C=O) groups excluding carboxylic acids is 1. The highest BCUT2D eigenvalue weighted by molar-refractivity contribution is 6.35. The molecular formula is C33H41Cl3N4O3. The summed E-state index contributed by atoms with van der Waals surface area (Å²) in [7, 11) is 0. The van der Waals surface area contributed by atoms with Crippen LogP contribution in [0.1, 0.15) is 61.0 Å². The van der Waals surface area contributed by atoms with Crippen molar-refractivity contribution in [3.05, 3.63) is 65.0 Å². The maximum Gasteiger partial charge on any atom is 0.267 e. The second kappa shape index (κ2) is 14.1. The number of benzene rings is 2. The van der Waals surface area contributed by atoms with E-state index in [4.69, 9.17) is 20.8 Å². The molecule has 43 heavy (non-hydrogen) atoms. The molecule has 2 atom stereocenters. The van der Waals surface area contributed by atoms with Crippen molar-refractivity contribution in [1.29, 1.82) is 0 Å². The fourth-order valence-corrected chi connectivity index (χ4v) is 7.68. The number of halogens is 3. The number of piperidine rings is 3. The lowest BCUT2D eigenvalue weighted by molar-refractivity contribution is 0.0351. The van der Waals surface area contributed by atoms with Crippen LogP contribution < -0.4 is 10.1 Å². The maximum absolute atomic E-state index is 13.2.